The van der Waals surface area contributed by atoms with E-state index in [0.717, 1.165) is 11.8 Å². The third kappa shape index (κ3) is 4.83. The van der Waals surface area contributed by atoms with E-state index in [2.05, 4.69) is 23.0 Å². The summed E-state index contributed by atoms with van der Waals surface area (Å²) in [5.74, 6) is -0.202. The first-order valence-electron chi connectivity index (χ1n) is 7.61. The number of anilines is 1. The molecule has 24 heavy (non-hydrogen) atoms. The van der Waals surface area contributed by atoms with Gasteiger partial charge in [-0.2, -0.15) is 0 Å². The maximum absolute atomic E-state index is 12.3. The van der Waals surface area contributed by atoms with E-state index in [1.807, 2.05) is 26.0 Å². The second-order valence-corrected chi connectivity index (χ2v) is 7.74. The summed E-state index contributed by atoms with van der Waals surface area (Å²) in [5, 5.41) is 2.95. The Hall–Kier alpha value is -2.34. The molecule has 0 bridgehead atoms. The molecule has 0 saturated heterocycles. The Kier molecular flexibility index (Phi) is 5.29. The van der Waals surface area contributed by atoms with Crippen LogP contribution < -0.4 is 10.0 Å². The predicted molar refractivity (Wildman–Crippen MR) is 96.7 cm³/mol. The first-order chi connectivity index (χ1) is 11.2. The highest BCUT2D eigenvalue weighted by molar-refractivity contribution is 7.92. The number of rotatable bonds is 5. The van der Waals surface area contributed by atoms with Crippen molar-refractivity contribution >= 4 is 21.6 Å². The molecular weight excluding hydrogens is 324 g/mol. The fraction of sp³-hybridized carbons (Fsp3) is 0.278. The molecule has 0 fully saturated rings. The number of sulfonamides is 1. The summed E-state index contributed by atoms with van der Waals surface area (Å²) in [6.45, 7) is 6.02. The van der Waals surface area contributed by atoms with Crippen LogP contribution in [0.15, 0.2) is 42.5 Å². The summed E-state index contributed by atoms with van der Waals surface area (Å²) in [6.07, 6.45) is 1.08. The molecule has 0 aliphatic carbocycles. The van der Waals surface area contributed by atoms with Crippen LogP contribution in [-0.2, 0) is 10.0 Å². The molecule has 2 aromatic rings. The summed E-state index contributed by atoms with van der Waals surface area (Å²) < 4.78 is 24.7. The number of nitrogens with one attached hydrogen (secondary N) is 2. The van der Waals surface area contributed by atoms with E-state index in [4.69, 9.17) is 0 Å². The number of aryl methyl sites for hydroxylation is 2. The Morgan fingerprint density at radius 1 is 1.00 bits per heavy atom. The molecule has 0 aliphatic heterocycles. The van der Waals surface area contributed by atoms with E-state index in [0.29, 0.717) is 11.3 Å². The number of carbonyl (C=O) groups excluding carboxylic acids is 1. The zero-order valence-electron chi connectivity index (χ0n) is 14.3. The molecule has 2 aromatic carbocycles. The van der Waals surface area contributed by atoms with Gasteiger partial charge in [0.2, 0.25) is 10.0 Å². The Balaban J connectivity index is 2.07. The van der Waals surface area contributed by atoms with Crippen LogP contribution in [0.3, 0.4) is 0 Å². The van der Waals surface area contributed by atoms with Crippen molar-refractivity contribution in [1.82, 2.24) is 5.32 Å². The average molecular weight is 346 g/mol. The van der Waals surface area contributed by atoms with Gasteiger partial charge in [-0.15, -0.1) is 0 Å². The minimum atomic E-state index is -3.32. The highest BCUT2D eigenvalue weighted by Gasteiger charge is 2.12. The van der Waals surface area contributed by atoms with E-state index in [1.165, 1.54) is 11.1 Å². The smallest absolute Gasteiger partial charge is 0.251 e. The Morgan fingerprint density at radius 3 is 2.17 bits per heavy atom. The Labute approximate surface area is 143 Å². The number of amides is 1. The van der Waals surface area contributed by atoms with Gasteiger partial charge in [0.15, 0.2) is 0 Å². The SMILES string of the molecule is Cc1ccc(C(C)NC(=O)c2ccc(NS(C)(=O)=O)cc2)cc1C. The molecule has 1 atom stereocenters. The number of carbonyl (C=O) groups is 1. The maximum atomic E-state index is 12.3. The van der Waals surface area contributed by atoms with Gasteiger partial charge in [-0.3, -0.25) is 9.52 Å². The zero-order chi connectivity index (χ0) is 17.9. The molecule has 0 saturated carbocycles. The summed E-state index contributed by atoms with van der Waals surface area (Å²) >= 11 is 0. The highest BCUT2D eigenvalue weighted by Crippen LogP contribution is 2.18. The summed E-state index contributed by atoms with van der Waals surface area (Å²) in [7, 11) is -3.32. The van der Waals surface area contributed by atoms with Gasteiger partial charge in [0.25, 0.3) is 5.91 Å². The predicted octanol–water partition coefficient (Wildman–Crippen LogP) is 3.17. The van der Waals surface area contributed by atoms with E-state index in [1.54, 1.807) is 24.3 Å². The third-order valence-corrected chi connectivity index (χ3v) is 4.44. The second-order valence-electron chi connectivity index (χ2n) is 5.99. The molecule has 0 aromatic heterocycles. The maximum Gasteiger partial charge on any atom is 0.251 e. The number of hydrogen-bond acceptors (Lipinski definition) is 3. The van der Waals surface area contributed by atoms with Gasteiger partial charge in [-0.1, -0.05) is 18.2 Å². The van der Waals surface area contributed by atoms with Crippen LogP contribution in [0.4, 0.5) is 5.69 Å². The fourth-order valence-electron chi connectivity index (χ4n) is 2.30. The lowest BCUT2D eigenvalue weighted by Gasteiger charge is -2.16. The van der Waals surface area contributed by atoms with Crippen molar-refractivity contribution in [3.8, 4) is 0 Å². The van der Waals surface area contributed by atoms with Crippen LogP contribution in [0, 0.1) is 13.8 Å². The fourth-order valence-corrected chi connectivity index (χ4v) is 2.87. The molecular formula is C18H22N2O3S. The molecule has 2 rings (SSSR count). The van der Waals surface area contributed by atoms with Gasteiger partial charge in [0, 0.05) is 11.3 Å². The first-order valence-corrected chi connectivity index (χ1v) is 9.51. The number of benzene rings is 2. The van der Waals surface area contributed by atoms with Crippen LogP contribution in [0.2, 0.25) is 0 Å². The molecule has 5 nitrogen and oxygen atoms in total. The quantitative estimate of drug-likeness (QED) is 0.873. The largest absolute Gasteiger partial charge is 0.346 e. The Morgan fingerprint density at radius 2 is 1.62 bits per heavy atom. The van der Waals surface area contributed by atoms with Crippen molar-refractivity contribution in [2.75, 3.05) is 11.0 Å². The van der Waals surface area contributed by atoms with E-state index in [-0.39, 0.29) is 11.9 Å². The second kappa shape index (κ2) is 7.05. The lowest BCUT2D eigenvalue weighted by Crippen LogP contribution is -2.26. The topological polar surface area (TPSA) is 75.3 Å². The molecule has 0 spiro atoms. The van der Waals surface area contributed by atoms with Crippen LogP contribution in [0.1, 0.15) is 40.0 Å². The van der Waals surface area contributed by atoms with Crippen molar-refractivity contribution in [1.29, 1.82) is 0 Å². The molecule has 128 valence electrons. The zero-order valence-corrected chi connectivity index (χ0v) is 15.1. The van der Waals surface area contributed by atoms with Crippen molar-refractivity contribution in [3.05, 3.63) is 64.7 Å². The molecule has 2 N–H and O–H groups in total. The average Bonchev–Trinajstić information content (AvgIpc) is 2.49. The van der Waals surface area contributed by atoms with Crippen LogP contribution in [0.25, 0.3) is 0 Å². The lowest BCUT2D eigenvalue weighted by atomic mass is 10.0. The standard InChI is InChI=1S/C18H22N2O3S/c1-12-5-6-16(11-13(12)2)14(3)19-18(21)15-7-9-17(10-8-15)20-24(4,22)23/h5-11,14,20H,1-4H3,(H,19,21). The summed E-state index contributed by atoms with van der Waals surface area (Å²) in [6, 6.07) is 12.3. The molecule has 6 heteroatoms. The van der Waals surface area contributed by atoms with Crippen molar-refractivity contribution in [2.24, 2.45) is 0 Å². The van der Waals surface area contributed by atoms with Crippen molar-refractivity contribution < 1.29 is 13.2 Å². The van der Waals surface area contributed by atoms with E-state index in [9.17, 15) is 13.2 Å². The van der Waals surface area contributed by atoms with Gasteiger partial charge < -0.3 is 5.32 Å². The molecule has 0 aliphatic rings. The van der Waals surface area contributed by atoms with Crippen LogP contribution >= 0.6 is 0 Å². The first kappa shape index (κ1) is 18.0. The van der Waals surface area contributed by atoms with Gasteiger partial charge in [0.05, 0.1) is 12.3 Å². The minimum absolute atomic E-state index is 0.120. The van der Waals surface area contributed by atoms with E-state index < -0.39 is 10.0 Å². The van der Waals surface area contributed by atoms with Gasteiger partial charge in [-0.25, -0.2) is 8.42 Å². The summed E-state index contributed by atoms with van der Waals surface area (Å²) in [5.41, 5.74) is 4.35. The highest BCUT2D eigenvalue weighted by atomic mass is 32.2. The van der Waals surface area contributed by atoms with Crippen molar-refractivity contribution in [3.63, 3.8) is 0 Å². The van der Waals surface area contributed by atoms with Gasteiger partial charge in [0.1, 0.15) is 0 Å². The van der Waals surface area contributed by atoms with Crippen LogP contribution in [0.5, 0.6) is 0 Å². The summed E-state index contributed by atoms with van der Waals surface area (Å²) in [4.78, 5) is 12.3. The monoisotopic (exact) mass is 346 g/mol. The van der Waals surface area contributed by atoms with E-state index >= 15 is 0 Å². The van der Waals surface area contributed by atoms with Crippen molar-refractivity contribution in [2.45, 2.75) is 26.8 Å². The Bertz CT molecular complexity index is 843. The molecule has 1 unspecified atom stereocenters. The molecule has 0 radical (unpaired) electrons. The van der Waals surface area contributed by atoms with Gasteiger partial charge >= 0.3 is 0 Å². The molecule has 1 amide bonds. The molecule has 0 heterocycles. The number of hydrogen-bond donors (Lipinski definition) is 2. The van der Waals surface area contributed by atoms with Crippen LogP contribution in [-0.4, -0.2) is 20.6 Å². The normalized spacial score (nSPS) is 12.5. The lowest BCUT2D eigenvalue weighted by molar-refractivity contribution is 0.0940. The van der Waals surface area contributed by atoms with Gasteiger partial charge in [-0.05, 0) is 61.7 Å². The minimum Gasteiger partial charge on any atom is -0.346 e. The third-order valence-electron chi connectivity index (χ3n) is 3.83.